The van der Waals surface area contributed by atoms with Crippen molar-refractivity contribution in [2.75, 3.05) is 0 Å². The van der Waals surface area contributed by atoms with E-state index in [1.807, 2.05) is 0 Å². The maximum Gasteiger partial charge on any atom is 0 e. The van der Waals surface area contributed by atoms with Gasteiger partial charge in [-0.05, 0) is 0 Å². The van der Waals surface area contributed by atoms with Crippen molar-refractivity contribution in [2.45, 2.75) is 0 Å². The van der Waals surface area contributed by atoms with E-state index in [1.54, 1.807) is 0 Å². The first-order valence-corrected chi connectivity index (χ1v) is 1.60. The summed E-state index contributed by atoms with van der Waals surface area (Å²) in [5.74, 6) is 0. The summed E-state index contributed by atoms with van der Waals surface area (Å²) in [6.45, 7) is 0. The van der Waals surface area contributed by atoms with E-state index in [1.165, 1.54) is 0 Å². The summed E-state index contributed by atoms with van der Waals surface area (Å²) in [7, 11) is 0. The van der Waals surface area contributed by atoms with Crippen molar-refractivity contribution in [1.29, 1.82) is 0 Å². The summed E-state index contributed by atoms with van der Waals surface area (Å²) in [6.07, 6.45) is 0. The number of hydrogen-bond acceptors (Lipinski definition) is 1. The van der Waals surface area contributed by atoms with Crippen LogP contribution in [0, 0.1) is 0 Å². The summed E-state index contributed by atoms with van der Waals surface area (Å²) < 4.78 is 22.8. The first kappa shape index (κ1) is 15.6. The first-order chi connectivity index (χ1) is 1.73. The van der Waals surface area contributed by atoms with Gasteiger partial charge in [0.25, 0.3) is 11.4 Å². The van der Waals surface area contributed by atoms with Gasteiger partial charge < -0.3 is 0 Å². The van der Waals surface area contributed by atoms with Gasteiger partial charge in [0.05, 0.1) is 0 Å². The molecule has 0 saturated heterocycles. The molecule has 0 aromatic heterocycles. The maximum absolute atomic E-state index is 8.67. The van der Waals surface area contributed by atoms with E-state index < -0.39 is 11.4 Å². The first-order valence-electron chi connectivity index (χ1n) is 0.532. The minimum atomic E-state index is -2.61. The van der Waals surface area contributed by atoms with Gasteiger partial charge in [0.1, 0.15) is 0 Å². The van der Waals surface area contributed by atoms with Crippen LogP contribution in [0.1, 0.15) is 0 Å². The normalized spacial score (nSPS) is 5.83. The molecule has 0 saturated carbocycles. The smallest absolute Gasteiger partial charge is 0 e. The monoisotopic (exact) mass is 170 g/mol. The molecule has 3 nitrogen and oxygen atoms in total. The van der Waals surface area contributed by atoms with Crippen LogP contribution in [0.5, 0.6) is 0 Å². The SMILES string of the molecule is O=S(O)O.[NaH].[Zn]. The predicted molar refractivity (Wildman–Crippen MR) is 20.5 cm³/mol. The Labute approximate surface area is 73.1 Å². The van der Waals surface area contributed by atoms with E-state index in [0.717, 1.165) is 0 Å². The van der Waals surface area contributed by atoms with E-state index >= 15 is 0 Å². The van der Waals surface area contributed by atoms with Gasteiger partial charge >= 0.3 is 29.6 Å². The molecule has 0 fully saturated rings. The molecule has 0 aliphatic carbocycles. The van der Waals surface area contributed by atoms with Crippen molar-refractivity contribution in [3.8, 4) is 0 Å². The Hall–Kier alpha value is 1.69. The van der Waals surface area contributed by atoms with E-state index in [4.69, 9.17) is 13.3 Å². The molecule has 6 heavy (non-hydrogen) atoms. The van der Waals surface area contributed by atoms with Crippen molar-refractivity contribution in [1.82, 2.24) is 0 Å². The van der Waals surface area contributed by atoms with Crippen molar-refractivity contribution >= 4 is 40.9 Å². The molecule has 0 amide bonds. The topological polar surface area (TPSA) is 57.5 Å². The molecule has 0 atom stereocenters. The molecular formula is H3NaO3SZn. The van der Waals surface area contributed by atoms with Crippen molar-refractivity contribution in [3.05, 3.63) is 0 Å². The number of rotatable bonds is 0. The van der Waals surface area contributed by atoms with Crippen LogP contribution in [-0.4, -0.2) is 42.9 Å². The van der Waals surface area contributed by atoms with Crippen molar-refractivity contribution in [2.24, 2.45) is 0 Å². The maximum atomic E-state index is 8.67. The molecule has 0 spiro atoms. The fraction of sp³-hybridized carbons (Fsp3) is 0. The van der Waals surface area contributed by atoms with E-state index in [2.05, 4.69) is 0 Å². The summed E-state index contributed by atoms with van der Waals surface area (Å²) in [5, 5.41) is 0. The van der Waals surface area contributed by atoms with E-state index in [-0.39, 0.29) is 49.0 Å². The second kappa shape index (κ2) is 9.85. The zero-order chi connectivity index (χ0) is 3.58. The summed E-state index contributed by atoms with van der Waals surface area (Å²) in [4.78, 5) is 0. The molecule has 6 heteroatoms. The molecule has 2 N–H and O–H groups in total. The van der Waals surface area contributed by atoms with Crippen LogP contribution in [0.4, 0.5) is 0 Å². The summed E-state index contributed by atoms with van der Waals surface area (Å²) in [6, 6.07) is 0. The molecule has 0 radical (unpaired) electrons. The van der Waals surface area contributed by atoms with Crippen LogP contribution >= 0.6 is 0 Å². The van der Waals surface area contributed by atoms with Crippen LogP contribution in [0.15, 0.2) is 0 Å². The Kier molecular flexibility index (Phi) is 25.7. The Bertz CT molecular complexity index is 33.8. The second-order valence-corrected chi connectivity index (χ2v) is 0.692. The average molecular weight is 171 g/mol. The molecule has 0 rings (SSSR count). The fourth-order valence-electron chi connectivity index (χ4n) is 0. The van der Waals surface area contributed by atoms with Gasteiger partial charge in [-0.2, -0.15) is 4.21 Å². The van der Waals surface area contributed by atoms with Gasteiger partial charge in [0, 0.05) is 19.5 Å². The molecule has 0 aromatic rings. The van der Waals surface area contributed by atoms with E-state index in [9.17, 15) is 0 Å². The predicted octanol–water partition coefficient (Wildman–Crippen LogP) is -0.970. The summed E-state index contributed by atoms with van der Waals surface area (Å²) >= 11 is -2.61. The molecule has 0 unspecified atom stereocenters. The number of hydrogen-bond donors (Lipinski definition) is 2. The van der Waals surface area contributed by atoms with Crippen molar-refractivity contribution in [3.63, 3.8) is 0 Å². The zero-order valence-corrected chi connectivity index (χ0v) is 6.20. The third kappa shape index (κ3) is 43.7. The van der Waals surface area contributed by atoms with Gasteiger partial charge in [0.15, 0.2) is 0 Å². The van der Waals surface area contributed by atoms with Crippen LogP contribution in [-0.2, 0) is 30.8 Å². The van der Waals surface area contributed by atoms with Gasteiger partial charge in [-0.1, -0.05) is 0 Å². The molecule has 0 aliphatic heterocycles. The third-order valence-electron chi connectivity index (χ3n) is 0. The minimum Gasteiger partial charge on any atom is 0 e. The Morgan fingerprint density at radius 1 is 1.33 bits per heavy atom. The van der Waals surface area contributed by atoms with Gasteiger partial charge in [-0.3, -0.25) is 9.11 Å². The van der Waals surface area contributed by atoms with Gasteiger partial charge in [-0.15, -0.1) is 0 Å². The van der Waals surface area contributed by atoms with Crippen LogP contribution in [0.2, 0.25) is 0 Å². The minimum absolute atomic E-state index is 0. The molecule has 30 valence electrons. The zero-order valence-electron chi connectivity index (χ0n) is 2.42. The molecule has 0 aromatic carbocycles. The van der Waals surface area contributed by atoms with Crippen LogP contribution < -0.4 is 0 Å². The van der Waals surface area contributed by atoms with Crippen molar-refractivity contribution < 1.29 is 32.8 Å². The van der Waals surface area contributed by atoms with Crippen LogP contribution in [0.25, 0.3) is 0 Å². The fourth-order valence-corrected chi connectivity index (χ4v) is 0. The Morgan fingerprint density at radius 2 is 1.33 bits per heavy atom. The average Bonchev–Trinajstić information content (AvgIpc) is 0.811. The van der Waals surface area contributed by atoms with E-state index in [0.29, 0.717) is 0 Å². The van der Waals surface area contributed by atoms with Gasteiger partial charge in [-0.25, -0.2) is 0 Å². The molecule has 0 aliphatic rings. The van der Waals surface area contributed by atoms with Gasteiger partial charge in [0.2, 0.25) is 0 Å². The standard InChI is InChI=1S/Na.H2O3S.Zn.H/c;1-4(2)3;;/h;(H2,1,2,3);;. The largest absolute Gasteiger partial charge is 0 e. The molecule has 0 bridgehead atoms. The Morgan fingerprint density at radius 3 is 1.33 bits per heavy atom. The molecular weight excluding hydrogens is 168 g/mol. The summed E-state index contributed by atoms with van der Waals surface area (Å²) in [5.41, 5.74) is 0. The third-order valence-corrected chi connectivity index (χ3v) is 0. The second-order valence-electron chi connectivity index (χ2n) is 0.231. The van der Waals surface area contributed by atoms with Crippen LogP contribution in [0.3, 0.4) is 0 Å². The molecule has 0 heterocycles. The Balaban J connectivity index is -0.0000000450. The quantitative estimate of drug-likeness (QED) is 0.364.